The average Bonchev–Trinajstić information content (AvgIpc) is 2.78. The highest BCUT2D eigenvalue weighted by atomic mass is 35.5. The molecule has 2 fully saturated rings. The number of nitrogens with one attached hydrogen (secondary N) is 1. The molecule has 1 unspecified atom stereocenters. The summed E-state index contributed by atoms with van der Waals surface area (Å²) in [5.41, 5.74) is 3.19. The number of aromatic nitrogens is 1. The van der Waals surface area contributed by atoms with Gasteiger partial charge in [0, 0.05) is 30.6 Å². The quantitative estimate of drug-likeness (QED) is 0.895. The first kappa shape index (κ1) is 12.3. The summed E-state index contributed by atoms with van der Waals surface area (Å²) in [5, 5.41) is 5.63. The fraction of sp³-hybridized carbons (Fsp3) is 0.727. The maximum atomic E-state index is 4.39. The molecule has 0 bridgehead atoms. The summed E-state index contributed by atoms with van der Waals surface area (Å²) in [6, 6.07) is 1.59. The lowest BCUT2D eigenvalue weighted by Gasteiger charge is -2.27. The van der Waals surface area contributed by atoms with Crippen LogP contribution in [0.15, 0.2) is 10.9 Å². The van der Waals surface area contributed by atoms with Crippen LogP contribution in [-0.4, -0.2) is 35.1 Å². The molecule has 1 saturated carbocycles. The molecule has 2 heterocycles. The van der Waals surface area contributed by atoms with Gasteiger partial charge in [0.15, 0.2) is 0 Å². The van der Waals surface area contributed by atoms with Gasteiger partial charge in [0.1, 0.15) is 0 Å². The van der Waals surface area contributed by atoms with Crippen molar-refractivity contribution in [3.05, 3.63) is 16.6 Å². The third-order valence-corrected chi connectivity index (χ3v) is 3.98. The van der Waals surface area contributed by atoms with E-state index >= 15 is 0 Å². The van der Waals surface area contributed by atoms with Crippen LogP contribution in [0.5, 0.6) is 0 Å². The monoisotopic (exact) mass is 259 g/mol. The summed E-state index contributed by atoms with van der Waals surface area (Å²) in [7, 11) is 0. The number of thiazole rings is 1. The van der Waals surface area contributed by atoms with Crippen molar-refractivity contribution in [1.29, 1.82) is 0 Å². The van der Waals surface area contributed by atoms with E-state index in [9.17, 15) is 0 Å². The summed E-state index contributed by atoms with van der Waals surface area (Å²) >= 11 is 1.70. The van der Waals surface area contributed by atoms with Crippen molar-refractivity contribution in [3.63, 3.8) is 0 Å². The zero-order chi connectivity index (χ0) is 10.1. The second kappa shape index (κ2) is 5.45. The average molecular weight is 260 g/mol. The molecule has 0 spiro atoms. The van der Waals surface area contributed by atoms with Crippen molar-refractivity contribution < 1.29 is 0 Å². The van der Waals surface area contributed by atoms with Gasteiger partial charge in [-0.05, 0) is 25.8 Å². The van der Waals surface area contributed by atoms with Gasteiger partial charge in [0.25, 0.3) is 0 Å². The highest BCUT2D eigenvalue weighted by Crippen LogP contribution is 2.31. The zero-order valence-corrected chi connectivity index (χ0v) is 10.9. The molecule has 1 N–H and O–H groups in total. The summed E-state index contributed by atoms with van der Waals surface area (Å²) < 4.78 is 0. The Morgan fingerprint density at radius 3 is 2.81 bits per heavy atom. The van der Waals surface area contributed by atoms with E-state index in [-0.39, 0.29) is 12.4 Å². The first-order chi connectivity index (χ1) is 7.43. The molecule has 0 radical (unpaired) electrons. The lowest BCUT2D eigenvalue weighted by molar-refractivity contribution is 0.187. The van der Waals surface area contributed by atoms with Crippen molar-refractivity contribution >= 4 is 23.7 Å². The normalized spacial score (nSPS) is 24.7. The maximum absolute atomic E-state index is 4.39. The molecule has 1 aromatic heterocycles. The van der Waals surface area contributed by atoms with Gasteiger partial charge >= 0.3 is 0 Å². The molecule has 2 aliphatic rings. The van der Waals surface area contributed by atoms with E-state index in [1.165, 1.54) is 38.0 Å². The lowest BCUT2D eigenvalue weighted by Crippen LogP contribution is -2.38. The smallest absolute Gasteiger partial charge is 0.0795 e. The molecule has 3 rings (SSSR count). The Labute approximate surface area is 107 Å². The molecule has 3 nitrogen and oxygen atoms in total. The minimum atomic E-state index is 0. The van der Waals surface area contributed by atoms with E-state index in [1.807, 2.05) is 5.51 Å². The van der Waals surface area contributed by atoms with Gasteiger partial charge in [-0.15, -0.1) is 23.7 Å². The molecular weight excluding hydrogens is 242 g/mol. The summed E-state index contributed by atoms with van der Waals surface area (Å²) in [4.78, 5) is 7.06. The Hall–Kier alpha value is -0.160. The van der Waals surface area contributed by atoms with Gasteiger partial charge in [-0.3, -0.25) is 4.90 Å². The van der Waals surface area contributed by atoms with Crippen LogP contribution in [0.3, 0.4) is 0 Å². The molecule has 0 amide bonds. The molecular formula is C11H18ClN3S. The Kier molecular flexibility index (Phi) is 4.19. The third-order valence-electron chi connectivity index (χ3n) is 3.35. The van der Waals surface area contributed by atoms with Gasteiger partial charge in [-0.25, -0.2) is 4.98 Å². The van der Waals surface area contributed by atoms with Crippen LogP contribution in [0, 0.1) is 0 Å². The largest absolute Gasteiger partial charge is 0.315 e. The number of nitrogens with zero attached hydrogens (tertiary/aromatic N) is 2. The minimum Gasteiger partial charge on any atom is -0.315 e. The molecule has 1 aromatic rings. The van der Waals surface area contributed by atoms with Gasteiger partial charge < -0.3 is 5.32 Å². The van der Waals surface area contributed by atoms with E-state index in [4.69, 9.17) is 0 Å². The molecule has 5 heteroatoms. The van der Waals surface area contributed by atoms with Gasteiger partial charge in [0.2, 0.25) is 0 Å². The second-order valence-corrected chi connectivity index (χ2v) is 5.25. The standard InChI is InChI=1S/C11H17N3S.ClH/c1-2-10(1)14(11-3-4-12-5-11)6-9-7-15-8-13-9;/h7-8,10-12H,1-6H2;1H. The first-order valence-corrected chi connectivity index (χ1v) is 6.71. The van der Waals surface area contributed by atoms with Crippen LogP contribution in [0.25, 0.3) is 0 Å². The number of hydrogen-bond acceptors (Lipinski definition) is 4. The van der Waals surface area contributed by atoms with E-state index in [0.717, 1.165) is 18.6 Å². The van der Waals surface area contributed by atoms with Crippen LogP contribution in [-0.2, 0) is 6.54 Å². The highest BCUT2D eigenvalue weighted by Gasteiger charge is 2.35. The van der Waals surface area contributed by atoms with E-state index in [1.54, 1.807) is 11.3 Å². The zero-order valence-electron chi connectivity index (χ0n) is 9.26. The predicted molar refractivity (Wildman–Crippen MR) is 69.2 cm³/mol. The highest BCUT2D eigenvalue weighted by molar-refractivity contribution is 7.07. The molecule has 16 heavy (non-hydrogen) atoms. The van der Waals surface area contributed by atoms with Crippen LogP contribution in [0.2, 0.25) is 0 Å². The van der Waals surface area contributed by atoms with Crippen molar-refractivity contribution in [1.82, 2.24) is 15.2 Å². The van der Waals surface area contributed by atoms with Crippen LogP contribution in [0.4, 0.5) is 0 Å². The Balaban J connectivity index is 0.000000963. The Bertz CT molecular complexity index is 307. The van der Waals surface area contributed by atoms with Gasteiger partial charge in [-0.2, -0.15) is 0 Å². The second-order valence-electron chi connectivity index (χ2n) is 4.53. The van der Waals surface area contributed by atoms with Crippen molar-refractivity contribution in [2.75, 3.05) is 13.1 Å². The molecule has 1 aliphatic heterocycles. The van der Waals surface area contributed by atoms with Crippen molar-refractivity contribution in [2.45, 2.75) is 37.9 Å². The number of hydrogen-bond donors (Lipinski definition) is 1. The summed E-state index contributed by atoms with van der Waals surface area (Å²) in [6.45, 7) is 3.41. The van der Waals surface area contributed by atoms with E-state index in [2.05, 4.69) is 20.6 Å². The molecule has 0 aromatic carbocycles. The summed E-state index contributed by atoms with van der Waals surface area (Å²) in [6.07, 6.45) is 4.09. The van der Waals surface area contributed by atoms with Crippen molar-refractivity contribution in [2.24, 2.45) is 0 Å². The van der Waals surface area contributed by atoms with Crippen LogP contribution >= 0.6 is 23.7 Å². The van der Waals surface area contributed by atoms with E-state index in [0.29, 0.717) is 0 Å². The Morgan fingerprint density at radius 1 is 1.38 bits per heavy atom. The molecule has 1 saturated heterocycles. The SMILES string of the molecule is Cl.c1nc(CN(C2CC2)C2CCNC2)cs1. The van der Waals surface area contributed by atoms with Crippen LogP contribution in [0.1, 0.15) is 25.0 Å². The first-order valence-electron chi connectivity index (χ1n) is 5.77. The van der Waals surface area contributed by atoms with Gasteiger partial charge in [-0.1, -0.05) is 0 Å². The molecule has 1 aliphatic carbocycles. The van der Waals surface area contributed by atoms with Gasteiger partial charge in [0.05, 0.1) is 11.2 Å². The Morgan fingerprint density at radius 2 is 2.25 bits per heavy atom. The fourth-order valence-corrected chi connectivity index (χ4v) is 2.94. The third kappa shape index (κ3) is 2.74. The van der Waals surface area contributed by atoms with Crippen LogP contribution < -0.4 is 5.32 Å². The maximum Gasteiger partial charge on any atom is 0.0795 e. The van der Waals surface area contributed by atoms with Crippen molar-refractivity contribution in [3.8, 4) is 0 Å². The number of halogens is 1. The molecule has 1 atom stereocenters. The van der Waals surface area contributed by atoms with E-state index < -0.39 is 0 Å². The lowest BCUT2D eigenvalue weighted by atomic mass is 10.2. The summed E-state index contributed by atoms with van der Waals surface area (Å²) in [5.74, 6) is 0. The predicted octanol–water partition coefficient (Wildman–Crippen LogP) is 1.89. The molecule has 90 valence electrons. The number of rotatable bonds is 4. The minimum absolute atomic E-state index is 0. The topological polar surface area (TPSA) is 28.2 Å². The fourth-order valence-electron chi connectivity index (χ4n) is 2.39.